The van der Waals surface area contributed by atoms with Crippen LogP contribution in [-0.4, -0.2) is 9.97 Å². The number of hydrogen-bond acceptors (Lipinski definition) is 5. The van der Waals surface area contributed by atoms with Crippen LogP contribution in [0.15, 0.2) is 58.4 Å². The van der Waals surface area contributed by atoms with E-state index in [1.807, 2.05) is 37.3 Å². The first-order valence-electron chi connectivity index (χ1n) is 6.96. The zero-order valence-electron chi connectivity index (χ0n) is 12.2. The number of thiazole rings is 1. The van der Waals surface area contributed by atoms with E-state index in [-0.39, 0.29) is 0 Å². The Morgan fingerprint density at radius 2 is 2.00 bits per heavy atom. The lowest BCUT2D eigenvalue weighted by Crippen LogP contribution is -1.97. The van der Waals surface area contributed by atoms with E-state index in [0.717, 1.165) is 27.2 Å². The van der Waals surface area contributed by atoms with Crippen molar-refractivity contribution in [3.63, 3.8) is 0 Å². The third kappa shape index (κ3) is 4.32. The summed E-state index contributed by atoms with van der Waals surface area (Å²) in [5.74, 6) is 1.79. The molecule has 112 valence electrons. The number of thioether (sulfide) groups is 1. The second kappa shape index (κ2) is 7.42. The van der Waals surface area contributed by atoms with E-state index in [9.17, 15) is 0 Å². The van der Waals surface area contributed by atoms with Gasteiger partial charge in [-0.3, -0.25) is 4.98 Å². The molecule has 3 rings (SSSR count). The highest BCUT2D eigenvalue weighted by molar-refractivity contribution is 8.00. The van der Waals surface area contributed by atoms with E-state index < -0.39 is 0 Å². The molecule has 0 saturated carbocycles. The van der Waals surface area contributed by atoms with E-state index in [1.54, 1.807) is 29.3 Å². The van der Waals surface area contributed by atoms with Crippen LogP contribution in [0.4, 0.5) is 0 Å². The van der Waals surface area contributed by atoms with Crippen molar-refractivity contribution in [3.8, 4) is 5.75 Å². The normalized spacial score (nSPS) is 10.6. The molecule has 0 saturated heterocycles. The van der Waals surface area contributed by atoms with E-state index >= 15 is 0 Å². The number of hydrogen-bond donors (Lipinski definition) is 0. The van der Waals surface area contributed by atoms with Crippen molar-refractivity contribution in [1.29, 1.82) is 0 Å². The summed E-state index contributed by atoms with van der Waals surface area (Å²) in [6.07, 6.45) is 1.78. The van der Waals surface area contributed by atoms with Crippen LogP contribution < -0.4 is 4.74 Å². The van der Waals surface area contributed by atoms with Gasteiger partial charge in [0.25, 0.3) is 0 Å². The van der Waals surface area contributed by atoms with Crippen LogP contribution in [0, 0.1) is 6.92 Å². The topological polar surface area (TPSA) is 35.0 Å². The molecule has 22 heavy (non-hydrogen) atoms. The summed E-state index contributed by atoms with van der Waals surface area (Å²) in [7, 11) is 0. The Morgan fingerprint density at radius 3 is 2.68 bits per heavy atom. The molecule has 0 atom stereocenters. The number of ether oxygens (including phenoxy) is 1. The predicted octanol–water partition coefficient (Wildman–Crippen LogP) is 4.72. The summed E-state index contributed by atoms with van der Waals surface area (Å²) in [4.78, 5) is 8.70. The predicted molar refractivity (Wildman–Crippen MR) is 91.4 cm³/mol. The lowest BCUT2D eigenvalue weighted by atomic mass is 10.2. The second-order valence-corrected chi connectivity index (χ2v) is 6.88. The van der Waals surface area contributed by atoms with Gasteiger partial charge in [-0.15, -0.1) is 11.3 Å². The average molecular weight is 328 g/mol. The van der Waals surface area contributed by atoms with Crippen LogP contribution in [0.5, 0.6) is 5.75 Å². The average Bonchev–Trinajstić information content (AvgIpc) is 2.98. The zero-order chi connectivity index (χ0) is 15.2. The van der Waals surface area contributed by atoms with Crippen molar-refractivity contribution in [1.82, 2.24) is 9.97 Å². The van der Waals surface area contributed by atoms with E-state index in [1.165, 1.54) is 5.56 Å². The fraction of sp³-hybridized carbons (Fsp3) is 0.176. The molecular formula is C17H16N2OS2. The molecule has 0 radical (unpaired) electrons. The first-order chi connectivity index (χ1) is 10.8. The van der Waals surface area contributed by atoms with Crippen molar-refractivity contribution in [2.75, 3.05) is 0 Å². The van der Waals surface area contributed by atoms with Crippen LogP contribution in [0.1, 0.15) is 17.0 Å². The number of benzene rings is 1. The van der Waals surface area contributed by atoms with Gasteiger partial charge >= 0.3 is 0 Å². The molecule has 3 aromatic rings. The minimum Gasteiger partial charge on any atom is -0.487 e. The Morgan fingerprint density at radius 1 is 1.14 bits per heavy atom. The molecular weight excluding hydrogens is 312 g/mol. The number of aryl methyl sites for hydroxylation is 1. The van der Waals surface area contributed by atoms with E-state index in [2.05, 4.69) is 27.5 Å². The van der Waals surface area contributed by atoms with Crippen molar-refractivity contribution in [2.24, 2.45) is 0 Å². The second-order valence-electron chi connectivity index (χ2n) is 4.80. The van der Waals surface area contributed by atoms with Gasteiger partial charge in [0.15, 0.2) is 0 Å². The first-order valence-corrected chi connectivity index (χ1v) is 8.83. The smallest absolute Gasteiger partial charge is 0.150 e. The molecule has 0 aliphatic carbocycles. The molecule has 0 N–H and O–H groups in total. The monoisotopic (exact) mass is 328 g/mol. The van der Waals surface area contributed by atoms with Crippen molar-refractivity contribution in [3.05, 3.63) is 71.0 Å². The summed E-state index contributed by atoms with van der Waals surface area (Å²) < 4.78 is 6.85. The van der Waals surface area contributed by atoms with Crippen LogP contribution in [0.25, 0.3) is 0 Å². The van der Waals surface area contributed by atoms with Gasteiger partial charge < -0.3 is 4.74 Å². The molecule has 0 fully saturated rings. The third-order valence-electron chi connectivity index (χ3n) is 3.00. The molecule has 2 aromatic heterocycles. The highest BCUT2D eigenvalue weighted by Crippen LogP contribution is 2.26. The van der Waals surface area contributed by atoms with Gasteiger partial charge in [0.05, 0.1) is 5.69 Å². The standard InChI is InChI=1S/C17H16N2OS2/c1-13-11-21-17(19-13)22-12-14-5-7-16(8-6-14)20-10-15-4-2-3-9-18-15/h2-9,11H,10,12H2,1H3. The maximum Gasteiger partial charge on any atom is 0.150 e. The Hall–Kier alpha value is -1.85. The Kier molecular flexibility index (Phi) is 5.08. The highest BCUT2D eigenvalue weighted by atomic mass is 32.2. The molecule has 3 nitrogen and oxygen atoms in total. The van der Waals surface area contributed by atoms with Crippen molar-refractivity contribution < 1.29 is 4.74 Å². The SMILES string of the molecule is Cc1csc(SCc2ccc(OCc3ccccn3)cc2)n1. The highest BCUT2D eigenvalue weighted by Gasteiger charge is 2.02. The summed E-state index contributed by atoms with van der Waals surface area (Å²) >= 11 is 3.46. The summed E-state index contributed by atoms with van der Waals surface area (Å²) in [5.41, 5.74) is 3.29. The fourth-order valence-electron chi connectivity index (χ4n) is 1.87. The Bertz CT molecular complexity index is 711. The van der Waals surface area contributed by atoms with Crippen molar-refractivity contribution >= 4 is 23.1 Å². The molecule has 0 bridgehead atoms. The van der Waals surface area contributed by atoms with Gasteiger partial charge in [0, 0.05) is 23.0 Å². The molecule has 0 amide bonds. The van der Waals surface area contributed by atoms with Gasteiger partial charge in [-0.25, -0.2) is 4.98 Å². The third-order valence-corrected chi connectivity index (χ3v) is 5.21. The molecule has 5 heteroatoms. The lowest BCUT2D eigenvalue weighted by Gasteiger charge is -2.06. The largest absolute Gasteiger partial charge is 0.487 e. The Labute approximate surface area is 138 Å². The summed E-state index contributed by atoms with van der Waals surface area (Å²) in [6.45, 7) is 2.52. The summed E-state index contributed by atoms with van der Waals surface area (Å²) in [6, 6.07) is 14.0. The Balaban J connectivity index is 1.51. The maximum atomic E-state index is 5.73. The van der Waals surface area contributed by atoms with E-state index in [0.29, 0.717) is 6.61 Å². The van der Waals surface area contributed by atoms with Crippen LogP contribution in [0.2, 0.25) is 0 Å². The number of rotatable bonds is 6. The van der Waals surface area contributed by atoms with Crippen LogP contribution in [0.3, 0.4) is 0 Å². The molecule has 0 spiro atoms. The number of nitrogens with zero attached hydrogens (tertiary/aromatic N) is 2. The lowest BCUT2D eigenvalue weighted by molar-refractivity contribution is 0.301. The van der Waals surface area contributed by atoms with E-state index in [4.69, 9.17) is 4.74 Å². The maximum absolute atomic E-state index is 5.73. The molecule has 1 aromatic carbocycles. The van der Waals surface area contributed by atoms with Crippen LogP contribution in [-0.2, 0) is 12.4 Å². The fourth-order valence-corrected chi connectivity index (χ4v) is 3.67. The minimum absolute atomic E-state index is 0.493. The van der Waals surface area contributed by atoms with Gasteiger partial charge in [-0.05, 0) is 36.8 Å². The van der Waals surface area contributed by atoms with Crippen molar-refractivity contribution in [2.45, 2.75) is 23.6 Å². The molecule has 0 unspecified atom stereocenters. The number of aromatic nitrogens is 2. The van der Waals surface area contributed by atoms with Gasteiger partial charge in [0.1, 0.15) is 16.7 Å². The van der Waals surface area contributed by atoms with Crippen LogP contribution >= 0.6 is 23.1 Å². The molecule has 2 heterocycles. The van der Waals surface area contributed by atoms with Gasteiger partial charge in [-0.1, -0.05) is 30.0 Å². The van der Waals surface area contributed by atoms with Gasteiger partial charge in [0.2, 0.25) is 0 Å². The zero-order valence-corrected chi connectivity index (χ0v) is 13.9. The molecule has 0 aliphatic heterocycles. The minimum atomic E-state index is 0.493. The quantitative estimate of drug-likeness (QED) is 0.613. The first kappa shape index (κ1) is 15.1. The summed E-state index contributed by atoms with van der Waals surface area (Å²) in [5, 5.41) is 2.08. The molecule has 0 aliphatic rings. The number of pyridine rings is 1. The van der Waals surface area contributed by atoms with Gasteiger partial charge in [-0.2, -0.15) is 0 Å².